The van der Waals surface area contributed by atoms with E-state index in [-0.39, 0.29) is 23.1 Å². The first-order valence-electron chi connectivity index (χ1n) is 10.7. The van der Waals surface area contributed by atoms with Gasteiger partial charge in [-0.05, 0) is 45.4 Å². The van der Waals surface area contributed by atoms with Gasteiger partial charge in [0.2, 0.25) is 0 Å². The Bertz CT molecular complexity index is 1150. The number of para-hydroxylation sites is 1. The van der Waals surface area contributed by atoms with E-state index in [0.29, 0.717) is 34.8 Å². The third kappa shape index (κ3) is 5.14. The van der Waals surface area contributed by atoms with Crippen LogP contribution in [0, 0.1) is 13.8 Å². The van der Waals surface area contributed by atoms with E-state index >= 15 is 0 Å². The van der Waals surface area contributed by atoms with Crippen LogP contribution < -0.4 is 5.56 Å². The lowest BCUT2D eigenvalue weighted by atomic mass is 10.2. The molecular weight excluding hydrogens is 426 g/mol. The first-order valence-corrected chi connectivity index (χ1v) is 11.7. The summed E-state index contributed by atoms with van der Waals surface area (Å²) in [5.41, 5.74) is 3.24. The second kappa shape index (κ2) is 10.9. The Labute approximate surface area is 192 Å². The molecule has 0 radical (unpaired) electrons. The maximum absolute atomic E-state index is 13.2. The van der Waals surface area contributed by atoms with Gasteiger partial charge in [0.15, 0.2) is 10.9 Å². The number of aromatic nitrogens is 3. The quantitative estimate of drug-likeness (QED) is 0.187. The monoisotopic (exact) mass is 457 g/mol. The first kappa shape index (κ1) is 24.2. The Kier molecular flexibility index (Phi) is 8.28. The van der Waals surface area contributed by atoms with Gasteiger partial charge < -0.3 is 14.0 Å². The fourth-order valence-corrected chi connectivity index (χ4v) is 4.91. The number of carbonyl (C=O) groups excluding carboxylic acids is 1. The van der Waals surface area contributed by atoms with Crippen LogP contribution in [0.25, 0.3) is 10.9 Å². The molecule has 0 aliphatic carbocycles. The van der Waals surface area contributed by atoms with Gasteiger partial charge in [0.05, 0.1) is 29.3 Å². The van der Waals surface area contributed by atoms with Crippen molar-refractivity contribution >= 4 is 28.4 Å². The summed E-state index contributed by atoms with van der Waals surface area (Å²) in [6.45, 7) is 7.78. The van der Waals surface area contributed by atoms with Crippen LogP contribution in [0.2, 0.25) is 0 Å². The Morgan fingerprint density at radius 3 is 2.66 bits per heavy atom. The van der Waals surface area contributed by atoms with Gasteiger partial charge in [0, 0.05) is 44.3 Å². The summed E-state index contributed by atoms with van der Waals surface area (Å²) in [7, 11) is 3.30. The summed E-state index contributed by atoms with van der Waals surface area (Å²) < 4.78 is 14.2. The number of nitrogens with zero attached hydrogens (tertiary/aromatic N) is 3. The fourth-order valence-electron chi connectivity index (χ4n) is 3.93. The van der Waals surface area contributed by atoms with E-state index in [1.54, 1.807) is 24.9 Å². The van der Waals surface area contributed by atoms with Crippen LogP contribution in [-0.4, -0.2) is 53.1 Å². The van der Waals surface area contributed by atoms with E-state index in [1.165, 1.54) is 11.8 Å². The maximum Gasteiger partial charge on any atom is 0.262 e. The lowest BCUT2D eigenvalue weighted by molar-refractivity contribution is 0.102. The SMILES string of the molecule is COCCCn1c(C)cc(C(=O)CSc2nc3ccccc3c(=O)n2C(C)COC)c1C. The topological polar surface area (TPSA) is 75.4 Å². The first-order chi connectivity index (χ1) is 15.4. The number of Topliss-reactive ketones (excluding diaryl/α,β-unsaturated/α-hetero) is 1. The van der Waals surface area contributed by atoms with Gasteiger partial charge >= 0.3 is 0 Å². The normalized spacial score (nSPS) is 12.4. The van der Waals surface area contributed by atoms with Crippen LogP contribution in [0.5, 0.6) is 0 Å². The van der Waals surface area contributed by atoms with Crippen molar-refractivity contribution in [3.8, 4) is 0 Å². The third-order valence-electron chi connectivity index (χ3n) is 5.56. The highest BCUT2D eigenvalue weighted by molar-refractivity contribution is 7.99. The highest BCUT2D eigenvalue weighted by atomic mass is 32.2. The lowest BCUT2D eigenvalue weighted by Gasteiger charge is -2.18. The van der Waals surface area contributed by atoms with Crippen molar-refractivity contribution in [2.75, 3.05) is 33.2 Å². The minimum Gasteiger partial charge on any atom is -0.385 e. The molecule has 1 aromatic carbocycles. The number of rotatable bonds is 11. The van der Waals surface area contributed by atoms with E-state index in [9.17, 15) is 9.59 Å². The molecule has 1 atom stereocenters. The van der Waals surface area contributed by atoms with Crippen molar-refractivity contribution in [1.29, 1.82) is 0 Å². The maximum atomic E-state index is 13.2. The summed E-state index contributed by atoms with van der Waals surface area (Å²) in [6.07, 6.45) is 0.889. The summed E-state index contributed by atoms with van der Waals surface area (Å²) in [5.74, 6) is 0.224. The van der Waals surface area contributed by atoms with Gasteiger partial charge in [0.1, 0.15) is 0 Å². The minimum absolute atomic E-state index is 0.0226. The predicted octanol–water partition coefficient (Wildman–Crippen LogP) is 4.03. The van der Waals surface area contributed by atoms with Gasteiger partial charge in [-0.2, -0.15) is 0 Å². The Hall–Kier alpha value is -2.42. The van der Waals surface area contributed by atoms with Gasteiger partial charge in [-0.3, -0.25) is 14.2 Å². The van der Waals surface area contributed by atoms with Gasteiger partial charge in [0.25, 0.3) is 5.56 Å². The summed E-state index contributed by atoms with van der Waals surface area (Å²) >= 11 is 1.30. The Morgan fingerprint density at radius 1 is 1.19 bits per heavy atom. The number of carbonyl (C=O) groups is 1. The Balaban J connectivity index is 1.87. The fraction of sp³-hybridized carbons (Fsp3) is 0.458. The number of benzene rings is 1. The number of fused-ring (bicyclic) bond motifs is 1. The van der Waals surface area contributed by atoms with E-state index in [1.807, 2.05) is 45.0 Å². The number of thioether (sulfide) groups is 1. The Morgan fingerprint density at radius 2 is 1.94 bits per heavy atom. The molecule has 0 amide bonds. The number of hydrogen-bond donors (Lipinski definition) is 0. The summed E-state index contributed by atoms with van der Waals surface area (Å²) in [4.78, 5) is 31.0. The molecule has 3 aromatic rings. The number of methoxy groups -OCH3 is 2. The molecule has 2 aromatic heterocycles. The van der Waals surface area contributed by atoms with Crippen LogP contribution in [0.15, 0.2) is 40.3 Å². The van der Waals surface area contributed by atoms with Crippen molar-refractivity contribution < 1.29 is 14.3 Å². The highest BCUT2D eigenvalue weighted by Gasteiger charge is 2.20. The standard InChI is InChI=1S/C24H31N3O4S/c1-16-13-20(18(3)26(16)11-8-12-30-4)22(28)15-32-24-25-21-10-7-6-9-19(21)23(29)27(24)17(2)14-31-5/h6-7,9-10,13,17H,8,11-12,14-15H2,1-5H3. The third-order valence-corrected chi connectivity index (χ3v) is 6.51. The largest absolute Gasteiger partial charge is 0.385 e. The zero-order valence-corrected chi connectivity index (χ0v) is 20.2. The predicted molar refractivity (Wildman–Crippen MR) is 128 cm³/mol. The van der Waals surface area contributed by atoms with Crippen LogP contribution in [-0.2, 0) is 16.0 Å². The molecule has 0 saturated carbocycles. The van der Waals surface area contributed by atoms with Crippen molar-refractivity contribution in [3.63, 3.8) is 0 Å². The van der Waals surface area contributed by atoms with E-state index in [4.69, 9.17) is 14.5 Å². The molecule has 32 heavy (non-hydrogen) atoms. The molecule has 7 nitrogen and oxygen atoms in total. The molecule has 8 heteroatoms. The van der Waals surface area contributed by atoms with Gasteiger partial charge in [-0.1, -0.05) is 23.9 Å². The smallest absolute Gasteiger partial charge is 0.262 e. The second-order valence-corrected chi connectivity index (χ2v) is 8.83. The molecule has 0 saturated heterocycles. The van der Waals surface area contributed by atoms with Crippen LogP contribution in [0.1, 0.15) is 41.1 Å². The zero-order chi connectivity index (χ0) is 23.3. The molecule has 0 fully saturated rings. The van der Waals surface area contributed by atoms with Gasteiger partial charge in [-0.15, -0.1) is 0 Å². The van der Waals surface area contributed by atoms with Crippen LogP contribution in [0.3, 0.4) is 0 Å². The average Bonchev–Trinajstić information content (AvgIpc) is 3.06. The number of aryl methyl sites for hydroxylation is 1. The molecule has 0 aliphatic rings. The van der Waals surface area contributed by atoms with E-state index < -0.39 is 0 Å². The molecule has 0 N–H and O–H groups in total. The molecule has 1 unspecified atom stereocenters. The molecule has 172 valence electrons. The number of ether oxygens (including phenoxy) is 2. The molecule has 2 heterocycles. The molecule has 0 aliphatic heterocycles. The number of ketones is 1. The molecule has 0 spiro atoms. The summed E-state index contributed by atoms with van der Waals surface area (Å²) in [6, 6.07) is 9.03. The van der Waals surface area contributed by atoms with Gasteiger partial charge in [-0.25, -0.2) is 4.98 Å². The highest BCUT2D eigenvalue weighted by Crippen LogP contribution is 2.24. The molecule has 0 bridgehead atoms. The molecular formula is C24H31N3O4S. The summed E-state index contributed by atoms with van der Waals surface area (Å²) in [5, 5.41) is 1.09. The number of hydrogen-bond acceptors (Lipinski definition) is 6. The lowest BCUT2D eigenvalue weighted by Crippen LogP contribution is -2.28. The average molecular weight is 458 g/mol. The van der Waals surface area contributed by atoms with E-state index in [0.717, 1.165) is 24.4 Å². The van der Waals surface area contributed by atoms with Crippen molar-refractivity contribution in [3.05, 3.63) is 57.6 Å². The van der Waals surface area contributed by atoms with Crippen molar-refractivity contribution in [2.45, 2.75) is 44.9 Å². The molecule has 3 rings (SSSR count). The second-order valence-electron chi connectivity index (χ2n) is 7.89. The van der Waals surface area contributed by atoms with E-state index in [2.05, 4.69) is 4.57 Å². The van der Waals surface area contributed by atoms with Crippen molar-refractivity contribution in [2.24, 2.45) is 0 Å². The van der Waals surface area contributed by atoms with Crippen LogP contribution in [0.4, 0.5) is 0 Å². The minimum atomic E-state index is -0.201. The van der Waals surface area contributed by atoms with Crippen LogP contribution >= 0.6 is 11.8 Å². The van der Waals surface area contributed by atoms with Crippen molar-refractivity contribution in [1.82, 2.24) is 14.1 Å². The zero-order valence-electron chi connectivity index (χ0n) is 19.4.